The Morgan fingerprint density at radius 2 is 2.39 bits per heavy atom. The molecule has 1 saturated heterocycles. The Balaban J connectivity index is 2.16. The number of rotatable bonds is 4. The van der Waals surface area contributed by atoms with Gasteiger partial charge in [0.05, 0.1) is 6.61 Å². The van der Waals surface area contributed by atoms with Gasteiger partial charge in [-0.15, -0.1) is 0 Å². The minimum absolute atomic E-state index is 0.305. The lowest BCUT2D eigenvalue weighted by Gasteiger charge is -2.22. The number of thiocarbonyl (C=S) groups is 1. The molecule has 0 spiro atoms. The highest BCUT2D eigenvalue weighted by Gasteiger charge is 2.22. The predicted molar refractivity (Wildman–Crippen MR) is 79.4 cm³/mol. The molecular formula is C13H17ClN2OS. The van der Waals surface area contributed by atoms with E-state index in [2.05, 4.69) is 12.2 Å². The number of hydrogen-bond acceptors (Lipinski definition) is 3. The molecule has 98 valence electrons. The number of benzene rings is 1. The molecule has 1 aromatic carbocycles. The number of halogens is 1. The number of nitrogens with one attached hydrogen (secondary N) is 1. The van der Waals surface area contributed by atoms with Gasteiger partial charge in [0.15, 0.2) is 0 Å². The van der Waals surface area contributed by atoms with Crippen LogP contribution >= 0.6 is 23.8 Å². The highest BCUT2D eigenvalue weighted by molar-refractivity contribution is 7.80. The summed E-state index contributed by atoms with van der Waals surface area (Å²) in [5, 5.41) is 4.12. The van der Waals surface area contributed by atoms with E-state index in [-0.39, 0.29) is 0 Å². The topological polar surface area (TPSA) is 47.3 Å². The van der Waals surface area contributed by atoms with Gasteiger partial charge in [0.1, 0.15) is 4.99 Å². The van der Waals surface area contributed by atoms with Crippen molar-refractivity contribution < 1.29 is 4.74 Å². The second-order valence-corrected chi connectivity index (χ2v) is 5.49. The molecule has 0 aromatic heterocycles. The van der Waals surface area contributed by atoms with E-state index in [1.165, 1.54) is 0 Å². The van der Waals surface area contributed by atoms with Crippen molar-refractivity contribution in [1.82, 2.24) is 0 Å². The van der Waals surface area contributed by atoms with Gasteiger partial charge in [-0.25, -0.2) is 0 Å². The van der Waals surface area contributed by atoms with Crippen molar-refractivity contribution >= 4 is 34.5 Å². The molecule has 0 radical (unpaired) electrons. The summed E-state index contributed by atoms with van der Waals surface area (Å²) >= 11 is 11.1. The lowest BCUT2D eigenvalue weighted by Crippen LogP contribution is -2.27. The summed E-state index contributed by atoms with van der Waals surface area (Å²) in [6, 6.07) is 5.82. The van der Waals surface area contributed by atoms with E-state index in [9.17, 15) is 0 Å². The van der Waals surface area contributed by atoms with Crippen LogP contribution in [0.15, 0.2) is 18.2 Å². The van der Waals surface area contributed by atoms with Crippen molar-refractivity contribution in [3.63, 3.8) is 0 Å². The Bertz CT molecular complexity index is 447. The van der Waals surface area contributed by atoms with Gasteiger partial charge in [-0.2, -0.15) is 0 Å². The fourth-order valence-electron chi connectivity index (χ4n) is 2.16. The molecule has 0 bridgehead atoms. The Kier molecular flexibility index (Phi) is 4.43. The molecule has 2 rings (SSSR count). The first-order valence-corrected chi connectivity index (χ1v) is 6.80. The standard InChI is InChI=1S/C13H17ClN2OS/c1-8(9-4-5-17-7-9)16-12-6-10(14)2-3-11(12)13(15)18/h2-3,6,8-9,16H,4-5,7H2,1H3,(H2,15,18). The third-order valence-electron chi connectivity index (χ3n) is 3.30. The Labute approximate surface area is 118 Å². The molecule has 5 heteroatoms. The van der Waals surface area contributed by atoms with E-state index >= 15 is 0 Å². The van der Waals surface area contributed by atoms with Crippen molar-refractivity contribution in [2.24, 2.45) is 11.7 Å². The quantitative estimate of drug-likeness (QED) is 0.835. The zero-order valence-electron chi connectivity index (χ0n) is 10.3. The molecule has 1 heterocycles. The molecule has 1 aliphatic rings. The first-order valence-electron chi connectivity index (χ1n) is 6.01. The molecule has 0 amide bonds. The van der Waals surface area contributed by atoms with Gasteiger partial charge in [-0.3, -0.25) is 0 Å². The van der Waals surface area contributed by atoms with Crippen LogP contribution in [0.1, 0.15) is 18.9 Å². The molecule has 0 saturated carbocycles. The van der Waals surface area contributed by atoms with Crippen LogP contribution in [0.2, 0.25) is 5.02 Å². The van der Waals surface area contributed by atoms with Crippen LogP contribution in [0.4, 0.5) is 5.69 Å². The maximum Gasteiger partial charge on any atom is 0.106 e. The van der Waals surface area contributed by atoms with E-state index in [1.807, 2.05) is 12.1 Å². The van der Waals surface area contributed by atoms with Crippen molar-refractivity contribution in [3.8, 4) is 0 Å². The number of anilines is 1. The van der Waals surface area contributed by atoms with E-state index < -0.39 is 0 Å². The predicted octanol–water partition coefficient (Wildman–Crippen LogP) is 2.81. The van der Waals surface area contributed by atoms with Gasteiger partial charge in [0, 0.05) is 34.8 Å². The monoisotopic (exact) mass is 284 g/mol. The van der Waals surface area contributed by atoms with Crippen LogP contribution < -0.4 is 11.1 Å². The van der Waals surface area contributed by atoms with E-state index in [4.69, 9.17) is 34.3 Å². The van der Waals surface area contributed by atoms with Crippen LogP contribution in [0.3, 0.4) is 0 Å². The molecule has 18 heavy (non-hydrogen) atoms. The number of ether oxygens (including phenoxy) is 1. The SMILES string of the molecule is CC(Nc1cc(Cl)ccc1C(N)=S)C1CCOC1. The normalized spacial score (nSPS) is 20.7. The molecule has 3 nitrogen and oxygen atoms in total. The summed E-state index contributed by atoms with van der Waals surface area (Å²) in [6.45, 7) is 3.79. The molecule has 3 N–H and O–H groups in total. The Morgan fingerprint density at radius 3 is 3.00 bits per heavy atom. The minimum atomic E-state index is 0.305. The molecule has 1 aromatic rings. The fourth-order valence-corrected chi connectivity index (χ4v) is 2.51. The van der Waals surface area contributed by atoms with Crippen molar-refractivity contribution in [2.75, 3.05) is 18.5 Å². The summed E-state index contributed by atoms with van der Waals surface area (Å²) < 4.78 is 5.40. The lowest BCUT2D eigenvalue weighted by atomic mass is 10.00. The van der Waals surface area contributed by atoms with E-state index in [1.54, 1.807) is 6.07 Å². The van der Waals surface area contributed by atoms with Crippen LogP contribution in [0.5, 0.6) is 0 Å². The number of hydrogen-bond donors (Lipinski definition) is 2. The minimum Gasteiger partial charge on any atom is -0.389 e. The molecule has 1 fully saturated rings. The lowest BCUT2D eigenvalue weighted by molar-refractivity contribution is 0.183. The van der Waals surface area contributed by atoms with Crippen LogP contribution in [0, 0.1) is 5.92 Å². The first-order chi connectivity index (χ1) is 8.58. The number of nitrogens with two attached hydrogens (primary N) is 1. The van der Waals surface area contributed by atoms with Gasteiger partial charge in [-0.1, -0.05) is 23.8 Å². The van der Waals surface area contributed by atoms with Crippen molar-refractivity contribution in [2.45, 2.75) is 19.4 Å². The van der Waals surface area contributed by atoms with Crippen molar-refractivity contribution in [3.05, 3.63) is 28.8 Å². The van der Waals surface area contributed by atoms with E-state index in [0.29, 0.717) is 22.0 Å². The maximum atomic E-state index is 6.02. The van der Waals surface area contributed by atoms with Gasteiger partial charge < -0.3 is 15.8 Å². The second-order valence-electron chi connectivity index (χ2n) is 4.61. The molecule has 0 aliphatic carbocycles. The smallest absolute Gasteiger partial charge is 0.106 e. The van der Waals surface area contributed by atoms with Gasteiger partial charge in [-0.05, 0) is 31.5 Å². The highest BCUT2D eigenvalue weighted by atomic mass is 35.5. The third-order valence-corrected chi connectivity index (χ3v) is 3.76. The molecular weight excluding hydrogens is 268 g/mol. The Hall–Kier alpha value is -0.840. The van der Waals surface area contributed by atoms with Crippen molar-refractivity contribution in [1.29, 1.82) is 0 Å². The molecule has 2 unspecified atom stereocenters. The second kappa shape index (κ2) is 5.87. The van der Waals surface area contributed by atoms with E-state index in [0.717, 1.165) is 30.9 Å². The summed E-state index contributed by atoms with van der Waals surface area (Å²) in [5.41, 5.74) is 7.45. The Morgan fingerprint density at radius 1 is 1.61 bits per heavy atom. The highest BCUT2D eigenvalue weighted by Crippen LogP contribution is 2.25. The average Bonchev–Trinajstić information content (AvgIpc) is 2.81. The third kappa shape index (κ3) is 3.13. The van der Waals surface area contributed by atoms with Crippen LogP contribution in [-0.4, -0.2) is 24.2 Å². The molecule has 2 atom stereocenters. The summed E-state index contributed by atoms with van der Waals surface area (Å²) in [7, 11) is 0. The molecule has 1 aliphatic heterocycles. The summed E-state index contributed by atoms with van der Waals surface area (Å²) in [5.74, 6) is 0.517. The maximum absolute atomic E-state index is 6.02. The van der Waals surface area contributed by atoms with Gasteiger partial charge >= 0.3 is 0 Å². The summed E-state index contributed by atoms with van der Waals surface area (Å²) in [4.78, 5) is 0.379. The van der Waals surface area contributed by atoms with Crippen LogP contribution in [0.25, 0.3) is 0 Å². The fraction of sp³-hybridized carbons (Fsp3) is 0.462. The zero-order valence-corrected chi connectivity index (χ0v) is 11.9. The van der Waals surface area contributed by atoms with Gasteiger partial charge in [0.2, 0.25) is 0 Å². The zero-order chi connectivity index (χ0) is 13.1. The largest absolute Gasteiger partial charge is 0.389 e. The van der Waals surface area contributed by atoms with Gasteiger partial charge in [0.25, 0.3) is 0 Å². The van der Waals surface area contributed by atoms with Crippen LogP contribution in [-0.2, 0) is 4.74 Å². The average molecular weight is 285 g/mol. The first kappa shape index (κ1) is 13.6. The summed E-state index contributed by atoms with van der Waals surface area (Å²) in [6.07, 6.45) is 1.08.